The summed E-state index contributed by atoms with van der Waals surface area (Å²) in [5, 5.41) is 3.85. The number of benzene rings is 1. The molecule has 0 aliphatic carbocycles. The Morgan fingerprint density at radius 2 is 2.18 bits per heavy atom. The molecule has 4 heteroatoms. The first kappa shape index (κ1) is 12.1. The zero-order valence-electron chi connectivity index (χ0n) is 10.1. The lowest BCUT2D eigenvalue weighted by Gasteiger charge is -2.04. The Labute approximate surface area is 106 Å². The smallest absolute Gasteiger partial charge is 0.211 e. The van der Waals surface area contributed by atoms with Crippen LogP contribution < -0.4 is 5.32 Å². The molecule has 17 heavy (non-hydrogen) atoms. The largest absolute Gasteiger partial charge is 0.439 e. The van der Waals surface area contributed by atoms with Gasteiger partial charge < -0.3 is 9.73 Å². The van der Waals surface area contributed by atoms with Gasteiger partial charge in [-0.2, -0.15) is 0 Å². The standard InChI is InChI=1S/C13H15ClN2O/c1-8-6-10(4-5-11(8)14)12-7-16-13(17-12)9(2)15-3/h4-7,9,15H,1-3H3. The summed E-state index contributed by atoms with van der Waals surface area (Å²) in [4.78, 5) is 4.25. The van der Waals surface area contributed by atoms with Crippen LogP contribution in [0, 0.1) is 6.92 Å². The average molecular weight is 251 g/mol. The van der Waals surface area contributed by atoms with Crippen molar-refractivity contribution in [3.8, 4) is 11.3 Å². The van der Waals surface area contributed by atoms with Crippen molar-refractivity contribution in [1.82, 2.24) is 10.3 Å². The molecule has 2 aromatic rings. The van der Waals surface area contributed by atoms with Crippen molar-refractivity contribution in [2.24, 2.45) is 0 Å². The van der Waals surface area contributed by atoms with E-state index in [0.717, 1.165) is 21.9 Å². The summed E-state index contributed by atoms with van der Waals surface area (Å²) in [6, 6.07) is 5.91. The molecule has 1 aromatic heterocycles. The summed E-state index contributed by atoms with van der Waals surface area (Å²) in [5.41, 5.74) is 2.03. The first-order chi connectivity index (χ1) is 8.11. The predicted octanol–water partition coefficient (Wildman–Crippen LogP) is 3.58. The maximum absolute atomic E-state index is 5.99. The molecule has 0 saturated carbocycles. The second-order valence-electron chi connectivity index (χ2n) is 4.04. The van der Waals surface area contributed by atoms with E-state index in [2.05, 4.69) is 10.3 Å². The normalized spacial score (nSPS) is 12.7. The number of nitrogens with one attached hydrogen (secondary N) is 1. The van der Waals surface area contributed by atoms with Crippen molar-refractivity contribution in [3.63, 3.8) is 0 Å². The third kappa shape index (κ3) is 2.51. The molecule has 0 amide bonds. The van der Waals surface area contributed by atoms with Gasteiger partial charge in [-0.15, -0.1) is 0 Å². The fraction of sp³-hybridized carbons (Fsp3) is 0.308. The molecule has 0 bridgehead atoms. The fourth-order valence-electron chi connectivity index (χ4n) is 1.54. The van der Waals surface area contributed by atoms with Crippen LogP contribution in [-0.4, -0.2) is 12.0 Å². The number of aryl methyl sites for hydroxylation is 1. The van der Waals surface area contributed by atoms with E-state index in [0.29, 0.717) is 5.89 Å². The zero-order chi connectivity index (χ0) is 12.4. The van der Waals surface area contributed by atoms with Gasteiger partial charge in [-0.1, -0.05) is 11.6 Å². The molecule has 0 aliphatic heterocycles. The lowest BCUT2D eigenvalue weighted by molar-refractivity contribution is 0.441. The zero-order valence-corrected chi connectivity index (χ0v) is 10.9. The van der Waals surface area contributed by atoms with Crippen LogP contribution in [0.3, 0.4) is 0 Å². The third-order valence-corrected chi connectivity index (χ3v) is 3.19. The van der Waals surface area contributed by atoms with E-state index in [1.54, 1.807) is 6.20 Å². The molecule has 1 atom stereocenters. The lowest BCUT2D eigenvalue weighted by atomic mass is 10.1. The van der Waals surface area contributed by atoms with Gasteiger partial charge in [0.2, 0.25) is 5.89 Å². The van der Waals surface area contributed by atoms with Crippen molar-refractivity contribution in [2.75, 3.05) is 7.05 Å². The number of hydrogen-bond acceptors (Lipinski definition) is 3. The Hall–Kier alpha value is -1.32. The quantitative estimate of drug-likeness (QED) is 0.905. The molecule has 0 aliphatic rings. The Kier molecular flexibility index (Phi) is 3.50. The van der Waals surface area contributed by atoms with Crippen LogP contribution in [0.4, 0.5) is 0 Å². The van der Waals surface area contributed by atoms with Gasteiger partial charge >= 0.3 is 0 Å². The van der Waals surface area contributed by atoms with Crippen molar-refractivity contribution < 1.29 is 4.42 Å². The molecule has 0 spiro atoms. The van der Waals surface area contributed by atoms with E-state index in [-0.39, 0.29) is 6.04 Å². The minimum atomic E-state index is 0.108. The molecule has 1 aromatic carbocycles. The van der Waals surface area contributed by atoms with Crippen molar-refractivity contribution >= 4 is 11.6 Å². The maximum Gasteiger partial charge on any atom is 0.211 e. The van der Waals surface area contributed by atoms with Crippen LogP contribution in [-0.2, 0) is 0 Å². The molecule has 90 valence electrons. The number of nitrogens with zero attached hydrogens (tertiary/aromatic N) is 1. The van der Waals surface area contributed by atoms with Crippen LogP contribution in [0.5, 0.6) is 0 Å². The highest BCUT2D eigenvalue weighted by molar-refractivity contribution is 6.31. The van der Waals surface area contributed by atoms with Gasteiger partial charge in [0, 0.05) is 10.6 Å². The number of hydrogen-bond donors (Lipinski definition) is 1. The SMILES string of the molecule is CNC(C)c1ncc(-c2ccc(Cl)c(C)c2)o1. The summed E-state index contributed by atoms with van der Waals surface area (Å²) in [5.74, 6) is 1.46. The molecule has 3 nitrogen and oxygen atoms in total. The van der Waals surface area contributed by atoms with Crippen LogP contribution in [0.2, 0.25) is 5.02 Å². The number of rotatable bonds is 3. The first-order valence-corrected chi connectivity index (χ1v) is 5.89. The minimum absolute atomic E-state index is 0.108. The Morgan fingerprint density at radius 1 is 1.41 bits per heavy atom. The highest BCUT2D eigenvalue weighted by Gasteiger charge is 2.11. The average Bonchev–Trinajstić information content (AvgIpc) is 2.81. The number of halogens is 1. The van der Waals surface area contributed by atoms with Crippen LogP contribution in [0.15, 0.2) is 28.8 Å². The molecular weight excluding hydrogens is 236 g/mol. The summed E-state index contributed by atoms with van der Waals surface area (Å²) < 4.78 is 5.70. The highest BCUT2D eigenvalue weighted by atomic mass is 35.5. The van der Waals surface area contributed by atoms with Crippen LogP contribution in [0.1, 0.15) is 24.4 Å². The number of aromatic nitrogens is 1. The second kappa shape index (κ2) is 4.90. The summed E-state index contributed by atoms with van der Waals surface area (Å²) in [6.07, 6.45) is 1.74. The lowest BCUT2D eigenvalue weighted by Crippen LogP contribution is -2.12. The summed E-state index contributed by atoms with van der Waals surface area (Å²) >= 11 is 5.99. The van der Waals surface area contributed by atoms with Crippen LogP contribution in [0.25, 0.3) is 11.3 Å². The molecule has 1 unspecified atom stereocenters. The monoisotopic (exact) mass is 250 g/mol. The van der Waals surface area contributed by atoms with Gasteiger partial charge in [0.25, 0.3) is 0 Å². The fourth-order valence-corrected chi connectivity index (χ4v) is 1.66. The molecule has 0 fully saturated rings. The van der Waals surface area contributed by atoms with E-state index in [1.807, 2.05) is 39.1 Å². The molecule has 2 rings (SSSR count). The Bertz CT molecular complexity index is 522. The highest BCUT2D eigenvalue weighted by Crippen LogP contribution is 2.26. The van der Waals surface area contributed by atoms with Gasteiger partial charge in [0.1, 0.15) is 0 Å². The Balaban J connectivity index is 2.33. The predicted molar refractivity (Wildman–Crippen MR) is 69.2 cm³/mol. The molecule has 0 saturated heterocycles. The third-order valence-electron chi connectivity index (χ3n) is 2.77. The van der Waals surface area contributed by atoms with Gasteiger partial charge in [0.05, 0.1) is 12.2 Å². The van der Waals surface area contributed by atoms with Gasteiger partial charge in [0.15, 0.2) is 5.76 Å². The first-order valence-electron chi connectivity index (χ1n) is 5.51. The maximum atomic E-state index is 5.99. The molecule has 1 heterocycles. The topological polar surface area (TPSA) is 38.1 Å². The van der Waals surface area contributed by atoms with Gasteiger partial charge in [-0.25, -0.2) is 4.98 Å². The molecule has 0 radical (unpaired) electrons. The van der Waals surface area contributed by atoms with E-state index in [1.165, 1.54) is 0 Å². The van der Waals surface area contributed by atoms with Crippen LogP contribution >= 0.6 is 11.6 Å². The summed E-state index contributed by atoms with van der Waals surface area (Å²) in [7, 11) is 1.88. The van der Waals surface area contributed by atoms with Crippen molar-refractivity contribution in [1.29, 1.82) is 0 Å². The van der Waals surface area contributed by atoms with Gasteiger partial charge in [-0.3, -0.25) is 0 Å². The van der Waals surface area contributed by atoms with Crippen molar-refractivity contribution in [3.05, 3.63) is 40.9 Å². The second-order valence-corrected chi connectivity index (χ2v) is 4.44. The van der Waals surface area contributed by atoms with E-state index in [9.17, 15) is 0 Å². The summed E-state index contributed by atoms with van der Waals surface area (Å²) in [6.45, 7) is 3.97. The molecular formula is C13H15ClN2O. The van der Waals surface area contributed by atoms with E-state index < -0.39 is 0 Å². The number of oxazole rings is 1. The molecule has 1 N–H and O–H groups in total. The van der Waals surface area contributed by atoms with Crippen molar-refractivity contribution in [2.45, 2.75) is 19.9 Å². The van der Waals surface area contributed by atoms with E-state index in [4.69, 9.17) is 16.0 Å². The van der Waals surface area contributed by atoms with E-state index >= 15 is 0 Å². The minimum Gasteiger partial charge on any atom is -0.439 e. The van der Waals surface area contributed by atoms with Gasteiger partial charge in [-0.05, 0) is 44.7 Å². The Morgan fingerprint density at radius 3 is 2.82 bits per heavy atom.